The number of aromatic nitrogens is 2. The molecule has 0 amide bonds. The Bertz CT molecular complexity index is 673. The van der Waals surface area contributed by atoms with Gasteiger partial charge in [-0.2, -0.15) is 4.98 Å². The molecule has 0 saturated carbocycles. The first kappa shape index (κ1) is 18.7. The minimum atomic E-state index is 0.447. The number of nitrogens with zero attached hydrogens (tertiary/aromatic N) is 2. The Morgan fingerprint density at radius 2 is 2.12 bits per heavy atom. The van der Waals surface area contributed by atoms with Gasteiger partial charge in [-0.1, -0.05) is 31.2 Å². The summed E-state index contributed by atoms with van der Waals surface area (Å²) in [5, 5.41) is 3.21. The fourth-order valence-electron chi connectivity index (χ4n) is 2.16. The van der Waals surface area contributed by atoms with E-state index in [1.54, 1.807) is 7.11 Å². The first-order valence-electron chi connectivity index (χ1n) is 7.87. The van der Waals surface area contributed by atoms with E-state index in [1.165, 1.54) is 11.8 Å². The molecule has 0 unspecified atom stereocenters. The van der Waals surface area contributed by atoms with Crippen molar-refractivity contribution in [3.63, 3.8) is 0 Å². The van der Waals surface area contributed by atoms with Crippen molar-refractivity contribution in [1.82, 2.24) is 9.97 Å². The number of nitrogens with two attached hydrogens (primary N) is 1. The van der Waals surface area contributed by atoms with Crippen molar-refractivity contribution in [2.24, 2.45) is 0 Å². The van der Waals surface area contributed by atoms with E-state index in [4.69, 9.17) is 22.1 Å². The number of hydrogen-bond acceptors (Lipinski definition) is 6. The minimum absolute atomic E-state index is 0.447. The molecule has 5 nitrogen and oxygen atoms in total. The number of hydrogen-bond donors (Lipinski definition) is 2. The number of nitrogen functional groups attached to an aromatic ring is 1. The van der Waals surface area contributed by atoms with E-state index >= 15 is 0 Å². The fourth-order valence-corrected chi connectivity index (χ4v) is 3.35. The molecule has 0 fully saturated rings. The number of aryl methyl sites for hydroxylation is 1. The van der Waals surface area contributed by atoms with Crippen LogP contribution in [0.3, 0.4) is 0 Å². The highest BCUT2D eigenvalue weighted by Crippen LogP contribution is 2.39. The Hall–Kier alpha value is -1.66. The highest BCUT2D eigenvalue weighted by molar-refractivity contribution is 7.99. The van der Waals surface area contributed by atoms with Crippen molar-refractivity contribution < 1.29 is 4.74 Å². The summed E-state index contributed by atoms with van der Waals surface area (Å²) in [6.45, 7) is 4.92. The van der Waals surface area contributed by atoms with Gasteiger partial charge in [0, 0.05) is 12.4 Å². The van der Waals surface area contributed by atoms with E-state index in [0.717, 1.165) is 46.2 Å². The highest BCUT2D eigenvalue weighted by Gasteiger charge is 2.14. The predicted molar refractivity (Wildman–Crippen MR) is 101 cm³/mol. The number of nitrogens with one attached hydrogen (secondary N) is 1. The molecule has 24 heavy (non-hydrogen) atoms. The first-order chi connectivity index (χ1) is 11.6. The zero-order chi connectivity index (χ0) is 17.5. The molecule has 0 aliphatic heterocycles. The lowest BCUT2D eigenvalue weighted by atomic mass is 10.2. The third-order valence-corrected chi connectivity index (χ3v) is 5.03. The molecule has 2 aromatic rings. The second-order valence-corrected chi connectivity index (χ2v) is 6.67. The van der Waals surface area contributed by atoms with Gasteiger partial charge in [-0.3, -0.25) is 0 Å². The molecule has 130 valence electrons. The molecule has 0 spiro atoms. The van der Waals surface area contributed by atoms with Crippen LogP contribution < -0.4 is 15.8 Å². The topological polar surface area (TPSA) is 73.1 Å². The zero-order valence-corrected chi connectivity index (χ0v) is 15.8. The quantitative estimate of drug-likeness (QED) is 0.530. The zero-order valence-electron chi connectivity index (χ0n) is 14.2. The van der Waals surface area contributed by atoms with Crippen LogP contribution in [-0.4, -0.2) is 23.6 Å². The summed E-state index contributed by atoms with van der Waals surface area (Å²) in [6, 6.07) is 5.86. The molecule has 0 aliphatic carbocycles. The van der Waals surface area contributed by atoms with Crippen LogP contribution >= 0.6 is 23.4 Å². The van der Waals surface area contributed by atoms with Crippen LogP contribution in [0.2, 0.25) is 0 Å². The van der Waals surface area contributed by atoms with E-state index in [2.05, 4.69) is 22.2 Å². The number of rotatable bonds is 8. The summed E-state index contributed by atoms with van der Waals surface area (Å²) in [6.07, 6.45) is 2.19. The fraction of sp³-hybridized carbons (Fsp3) is 0.412. The Balaban J connectivity index is 2.26. The van der Waals surface area contributed by atoms with Gasteiger partial charge in [-0.15, -0.1) is 11.6 Å². The lowest BCUT2D eigenvalue weighted by Crippen LogP contribution is -2.08. The van der Waals surface area contributed by atoms with Crippen molar-refractivity contribution in [1.29, 1.82) is 0 Å². The lowest BCUT2D eigenvalue weighted by molar-refractivity contribution is 0.404. The summed E-state index contributed by atoms with van der Waals surface area (Å²) in [5.41, 5.74) is 8.02. The third kappa shape index (κ3) is 4.68. The number of benzene rings is 1. The number of methoxy groups -OCH3 is 1. The summed E-state index contributed by atoms with van der Waals surface area (Å²) in [4.78, 5) is 10.7. The molecule has 0 atom stereocenters. The van der Waals surface area contributed by atoms with Crippen LogP contribution in [-0.2, 0) is 5.88 Å². The summed E-state index contributed by atoms with van der Waals surface area (Å²) >= 11 is 7.43. The predicted octanol–water partition coefficient (Wildman–Crippen LogP) is 4.48. The Kier molecular flexibility index (Phi) is 6.99. The van der Waals surface area contributed by atoms with E-state index < -0.39 is 0 Å². The molecule has 1 heterocycles. The van der Waals surface area contributed by atoms with Crippen LogP contribution in [0.4, 0.5) is 11.8 Å². The normalized spacial score (nSPS) is 10.7. The van der Waals surface area contributed by atoms with Crippen molar-refractivity contribution >= 4 is 35.1 Å². The third-order valence-electron chi connectivity index (χ3n) is 3.47. The molecule has 0 aliphatic rings. The maximum Gasteiger partial charge on any atom is 0.224 e. The van der Waals surface area contributed by atoms with Gasteiger partial charge in [0.15, 0.2) is 0 Å². The number of halogens is 1. The molecule has 7 heteroatoms. The minimum Gasteiger partial charge on any atom is -0.496 e. The van der Waals surface area contributed by atoms with Gasteiger partial charge in [0.05, 0.1) is 22.6 Å². The maximum atomic E-state index is 6.16. The van der Waals surface area contributed by atoms with Crippen molar-refractivity contribution in [2.45, 2.75) is 42.4 Å². The molecule has 3 N–H and O–H groups in total. The van der Waals surface area contributed by atoms with E-state index in [0.29, 0.717) is 17.6 Å². The van der Waals surface area contributed by atoms with Gasteiger partial charge in [-0.25, -0.2) is 4.98 Å². The Morgan fingerprint density at radius 3 is 2.75 bits per heavy atom. The van der Waals surface area contributed by atoms with Gasteiger partial charge in [0.25, 0.3) is 0 Å². The average Bonchev–Trinajstić information content (AvgIpc) is 2.58. The van der Waals surface area contributed by atoms with Gasteiger partial charge in [0.2, 0.25) is 5.95 Å². The van der Waals surface area contributed by atoms with Gasteiger partial charge < -0.3 is 15.8 Å². The van der Waals surface area contributed by atoms with Crippen LogP contribution in [0.15, 0.2) is 28.0 Å². The molecule has 1 aromatic carbocycles. The number of ether oxygens (including phenoxy) is 1. The van der Waals surface area contributed by atoms with E-state index in [1.807, 2.05) is 25.1 Å². The van der Waals surface area contributed by atoms with Crippen LogP contribution in [0.25, 0.3) is 0 Å². The number of anilines is 2. The molecule has 0 radical (unpaired) electrons. The second-order valence-electron chi connectivity index (χ2n) is 5.35. The van der Waals surface area contributed by atoms with Gasteiger partial charge in [0.1, 0.15) is 11.6 Å². The van der Waals surface area contributed by atoms with Crippen LogP contribution in [0.5, 0.6) is 5.75 Å². The molecule has 0 bridgehead atoms. The van der Waals surface area contributed by atoms with Crippen LogP contribution in [0, 0.1) is 6.92 Å². The van der Waals surface area contributed by atoms with Gasteiger partial charge >= 0.3 is 0 Å². The number of alkyl halides is 1. The van der Waals surface area contributed by atoms with Crippen LogP contribution in [0.1, 0.15) is 31.0 Å². The number of unbranched alkanes of at least 4 members (excludes halogenated alkanes) is 1. The van der Waals surface area contributed by atoms with Gasteiger partial charge in [-0.05, 0) is 31.0 Å². The Labute approximate surface area is 152 Å². The summed E-state index contributed by atoms with van der Waals surface area (Å²) < 4.78 is 5.43. The van der Waals surface area contributed by atoms with Crippen molar-refractivity contribution in [3.05, 3.63) is 29.5 Å². The second kappa shape index (κ2) is 8.99. The van der Waals surface area contributed by atoms with Crippen molar-refractivity contribution in [2.75, 3.05) is 24.7 Å². The molecular formula is C17H23ClN4OS. The lowest BCUT2D eigenvalue weighted by Gasteiger charge is -2.13. The summed E-state index contributed by atoms with van der Waals surface area (Å²) in [5.74, 6) is 2.26. The van der Waals surface area contributed by atoms with E-state index in [-0.39, 0.29) is 0 Å². The average molecular weight is 367 g/mol. The SMILES string of the molecule is CCCCNc1nc(C)c(Sc2cc(CCl)ccc2OC)c(N)n1. The molecular weight excluding hydrogens is 344 g/mol. The summed E-state index contributed by atoms with van der Waals surface area (Å²) in [7, 11) is 1.65. The maximum absolute atomic E-state index is 6.16. The largest absolute Gasteiger partial charge is 0.496 e. The standard InChI is InChI=1S/C17H23ClN4OS/c1-4-5-8-20-17-21-11(2)15(16(19)22-17)24-14-9-12(10-18)6-7-13(14)23-3/h6-7,9H,4-5,8,10H2,1-3H3,(H3,19,20,21,22). The molecule has 2 rings (SSSR count). The first-order valence-corrected chi connectivity index (χ1v) is 9.22. The highest BCUT2D eigenvalue weighted by atomic mass is 35.5. The van der Waals surface area contributed by atoms with Crippen molar-refractivity contribution in [3.8, 4) is 5.75 Å². The molecule has 0 saturated heterocycles. The Morgan fingerprint density at radius 1 is 1.33 bits per heavy atom. The molecule has 1 aromatic heterocycles. The smallest absolute Gasteiger partial charge is 0.224 e. The monoisotopic (exact) mass is 366 g/mol. The van der Waals surface area contributed by atoms with E-state index in [9.17, 15) is 0 Å².